The second-order valence-corrected chi connectivity index (χ2v) is 6.11. The monoisotopic (exact) mass is 301 g/mol. The molecule has 0 atom stereocenters. The maximum Gasteiger partial charge on any atom is 0.256 e. The van der Waals surface area contributed by atoms with Crippen molar-refractivity contribution in [1.82, 2.24) is 24.0 Å². The Morgan fingerprint density at radius 1 is 1.09 bits per heavy atom. The van der Waals surface area contributed by atoms with E-state index in [9.17, 15) is 4.79 Å². The molecule has 0 spiro atoms. The van der Waals surface area contributed by atoms with Crippen LogP contribution in [0.25, 0.3) is 0 Å². The lowest BCUT2D eigenvalue weighted by Gasteiger charge is -2.17. The van der Waals surface area contributed by atoms with Crippen molar-refractivity contribution in [2.45, 2.75) is 33.2 Å². The molecule has 0 aliphatic carbocycles. The first-order valence-corrected chi connectivity index (χ1v) is 7.72. The highest BCUT2D eigenvalue weighted by molar-refractivity contribution is 5.21. The van der Waals surface area contributed by atoms with Crippen molar-refractivity contribution in [2.75, 3.05) is 13.1 Å². The standard InChI is InChI=1S/C16H23N5O/c1-11-17-13(9-19(11)3)10-21-7-5-14-15(6-8-21)18-12(2)20(4)16(14)22/h9H,5-8,10H2,1-4H3. The molecule has 0 saturated heterocycles. The Balaban J connectivity index is 1.79. The van der Waals surface area contributed by atoms with Gasteiger partial charge in [-0.05, 0) is 20.3 Å². The van der Waals surface area contributed by atoms with Gasteiger partial charge >= 0.3 is 0 Å². The second kappa shape index (κ2) is 5.68. The first kappa shape index (κ1) is 15.0. The largest absolute Gasteiger partial charge is 0.338 e. The van der Waals surface area contributed by atoms with Crippen molar-refractivity contribution < 1.29 is 0 Å². The molecule has 0 unspecified atom stereocenters. The third kappa shape index (κ3) is 2.70. The Kier molecular flexibility index (Phi) is 3.87. The van der Waals surface area contributed by atoms with Gasteiger partial charge in [0.25, 0.3) is 5.56 Å². The summed E-state index contributed by atoms with van der Waals surface area (Å²) in [5.41, 5.74) is 3.05. The predicted octanol–water partition coefficient (Wildman–Crippen LogP) is 0.731. The van der Waals surface area contributed by atoms with Crippen molar-refractivity contribution in [3.05, 3.63) is 45.2 Å². The summed E-state index contributed by atoms with van der Waals surface area (Å²) in [6.45, 7) is 6.53. The van der Waals surface area contributed by atoms with E-state index < -0.39 is 0 Å². The van der Waals surface area contributed by atoms with Crippen LogP contribution in [0, 0.1) is 13.8 Å². The number of nitrogens with zero attached hydrogens (tertiary/aromatic N) is 5. The van der Waals surface area contributed by atoms with Crippen LogP contribution in [0.1, 0.15) is 28.6 Å². The van der Waals surface area contributed by atoms with Crippen LogP contribution in [-0.4, -0.2) is 37.1 Å². The summed E-state index contributed by atoms with van der Waals surface area (Å²) in [4.78, 5) is 23.9. The van der Waals surface area contributed by atoms with E-state index >= 15 is 0 Å². The Morgan fingerprint density at radius 3 is 2.50 bits per heavy atom. The zero-order valence-corrected chi connectivity index (χ0v) is 13.8. The number of rotatable bonds is 2. The van der Waals surface area contributed by atoms with Gasteiger partial charge in [0.2, 0.25) is 0 Å². The van der Waals surface area contributed by atoms with Crippen LogP contribution in [0.2, 0.25) is 0 Å². The average molecular weight is 301 g/mol. The van der Waals surface area contributed by atoms with Crippen LogP contribution in [0.15, 0.2) is 11.0 Å². The highest BCUT2D eigenvalue weighted by Gasteiger charge is 2.20. The van der Waals surface area contributed by atoms with E-state index in [1.165, 1.54) is 0 Å². The fourth-order valence-electron chi connectivity index (χ4n) is 3.01. The molecule has 0 saturated carbocycles. The molecule has 1 aliphatic heterocycles. The smallest absolute Gasteiger partial charge is 0.256 e. The van der Waals surface area contributed by atoms with E-state index in [4.69, 9.17) is 0 Å². The van der Waals surface area contributed by atoms with Crippen molar-refractivity contribution in [1.29, 1.82) is 0 Å². The van der Waals surface area contributed by atoms with Crippen molar-refractivity contribution in [3.8, 4) is 0 Å². The van der Waals surface area contributed by atoms with E-state index in [2.05, 4.69) is 21.1 Å². The number of imidazole rings is 1. The Labute approximate surface area is 130 Å². The quantitative estimate of drug-likeness (QED) is 0.820. The molecule has 0 fully saturated rings. The van der Waals surface area contributed by atoms with Gasteiger partial charge in [-0.15, -0.1) is 0 Å². The minimum atomic E-state index is 0.109. The molecule has 1 aliphatic rings. The molecule has 3 heterocycles. The van der Waals surface area contributed by atoms with Crippen LogP contribution < -0.4 is 5.56 Å². The molecule has 0 bridgehead atoms. The Bertz CT molecular complexity index is 739. The molecule has 118 valence electrons. The number of aromatic nitrogens is 4. The number of hydrogen-bond donors (Lipinski definition) is 0. The van der Waals surface area contributed by atoms with Gasteiger partial charge in [0.05, 0.1) is 11.4 Å². The van der Waals surface area contributed by atoms with Gasteiger partial charge in [0.15, 0.2) is 0 Å². The molecule has 3 rings (SSSR count). The van der Waals surface area contributed by atoms with Crippen molar-refractivity contribution in [3.63, 3.8) is 0 Å². The van der Waals surface area contributed by atoms with Gasteiger partial charge in [0.1, 0.15) is 11.6 Å². The minimum absolute atomic E-state index is 0.109. The number of fused-ring (bicyclic) bond motifs is 1. The van der Waals surface area contributed by atoms with E-state index in [0.29, 0.717) is 0 Å². The average Bonchev–Trinajstić information content (AvgIpc) is 2.67. The van der Waals surface area contributed by atoms with Gasteiger partial charge in [-0.25, -0.2) is 9.97 Å². The van der Waals surface area contributed by atoms with Gasteiger partial charge in [0, 0.05) is 51.9 Å². The van der Waals surface area contributed by atoms with E-state index in [1.54, 1.807) is 11.6 Å². The zero-order valence-electron chi connectivity index (χ0n) is 13.8. The summed E-state index contributed by atoms with van der Waals surface area (Å²) in [7, 11) is 3.81. The van der Waals surface area contributed by atoms with E-state index in [1.807, 2.05) is 25.5 Å². The molecule has 0 amide bonds. The summed E-state index contributed by atoms with van der Waals surface area (Å²) in [5.74, 6) is 1.82. The van der Waals surface area contributed by atoms with Gasteiger partial charge < -0.3 is 4.57 Å². The topological polar surface area (TPSA) is 56.0 Å². The lowest BCUT2D eigenvalue weighted by molar-refractivity contribution is 0.276. The normalized spacial score (nSPS) is 15.6. The first-order valence-electron chi connectivity index (χ1n) is 7.72. The molecule has 6 heteroatoms. The van der Waals surface area contributed by atoms with Gasteiger partial charge in [-0.3, -0.25) is 14.3 Å². The van der Waals surface area contributed by atoms with E-state index in [-0.39, 0.29) is 5.56 Å². The summed E-state index contributed by atoms with van der Waals surface area (Å²) in [6, 6.07) is 0. The lowest BCUT2D eigenvalue weighted by Crippen LogP contribution is -2.28. The first-order chi connectivity index (χ1) is 10.5. The zero-order chi connectivity index (χ0) is 15.9. The van der Waals surface area contributed by atoms with Crippen LogP contribution in [0.3, 0.4) is 0 Å². The third-order valence-electron chi connectivity index (χ3n) is 4.58. The molecular weight excluding hydrogens is 278 g/mol. The molecule has 0 aromatic carbocycles. The fraction of sp³-hybridized carbons (Fsp3) is 0.562. The molecule has 2 aromatic heterocycles. The van der Waals surface area contributed by atoms with Crippen LogP contribution in [0.4, 0.5) is 0 Å². The fourth-order valence-corrected chi connectivity index (χ4v) is 3.01. The maximum atomic E-state index is 12.4. The minimum Gasteiger partial charge on any atom is -0.338 e. The molecular formula is C16H23N5O. The summed E-state index contributed by atoms with van der Waals surface area (Å²) < 4.78 is 3.69. The molecule has 0 radical (unpaired) electrons. The molecule has 2 aromatic rings. The third-order valence-corrected chi connectivity index (χ3v) is 4.58. The highest BCUT2D eigenvalue weighted by Crippen LogP contribution is 2.13. The van der Waals surface area contributed by atoms with Gasteiger partial charge in [-0.2, -0.15) is 0 Å². The summed E-state index contributed by atoms with van der Waals surface area (Å²) in [6.07, 6.45) is 3.67. The predicted molar refractivity (Wildman–Crippen MR) is 84.8 cm³/mol. The second-order valence-electron chi connectivity index (χ2n) is 6.11. The summed E-state index contributed by atoms with van der Waals surface area (Å²) >= 11 is 0. The summed E-state index contributed by atoms with van der Waals surface area (Å²) in [5, 5.41) is 0. The molecule has 0 N–H and O–H groups in total. The van der Waals surface area contributed by atoms with Crippen molar-refractivity contribution >= 4 is 0 Å². The van der Waals surface area contributed by atoms with Crippen molar-refractivity contribution in [2.24, 2.45) is 14.1 Å². The Hall–Kier alpha value is -1.95. The van der Waals surface area contributed by atoms with Gasteiger partial charge in [-0.1, -0.05) is 0 Å². The number of hydrogen-bond acceptors (Lipinski definition) is 4. The maximum absolute atomic E-state index is 12.4. The van der Waals surface area contributed by atoms with Crippen LogP contribution in [0.5, 0.6) is 0 Å². The Morgan fingerprint density at radius 2 is 1.82 bits per heavy atom. The molecule has 6 nitrogen and oxygen atoms in total. The van der Waals surface area contributed by atoms with Crippen LogP contribution in [-0.2, 0) is 33.5 Å². The molecule has 22 heavy (non-hydrogen) atoms. The highest BCUT2D eigenvalue weighted by atomic mass is 16.1. The van der Waals surface area contributed by atoms with Crippen LogP contribution >= 0.6 is 0 Å². The van der Waals surface area contributed by atoms with E-state index in [0.717, 1.165) is 61.1 Å². The lowest BCUT2D eigenvalue weighted by atomic mass is 10.1. The number of aryl methyl sites for hydroxylation is 3. The SMILES string of the molecule is Cc1nc(CN2CCc3nc(C)n(C)c(=O)c3CC2)cn1C.